The predicted octanol–water partition coefficient (Wildman–Crippen LogP) is 3.03. The predicted molar refractivity (Wildman–Crippen MR) is 55.5 cm³/mol. The van der Waals surface area contributed by atoms with Crippen molar-refractivity contribution in [1.29, 1.82) is 0 Å². The summed E-state index contributed by atoms with van der Waals surface area (Å²) in [5.41, 5.74) is -0.0664. The summed E-state index contributed by atoms with van der Waals surface area (Å²) in [4.78, 5) is 0. The van der Waals surface area contributed by atoms with Gasteiger partial charge in [0, 0.05) is 12.7 Å². The van der Waals surface area contributed by atoms with Gasteiger partial charge in [-0.05, 0) is 13.8 Å². The minimum atomic E-state index is -0.118. The van der Waals surface area contributed by atoms with Crippen LogP contribution in [0.5, 0.6) is 0 Å². The summed E-state index contributed by atoms with van der Waals surface area (Å²) in [6, 6.07) is 0. The molecule has 0 aromatic carbocycles. The topological polar surface area (TPSA) is 23.3 Å². The van der Waals surface area contributed by atoms with Gasteiger partial charge in [0.05, 0.1) is 0 Å². The summed E-state index contributed by atoms with van der Waals surface area (Å²) < 4.78 is 5.24. The molecule has 0 aliphatic rings. The molecule has 0 saturated heterocycles. The Morgan fingerprint density at radius 2 is 1.46 bits per heavy atom. The zero-order valence-electron chi connectivity index (χ0n) is 10.3. The van der Waals surface area contributed by atoms with Crippen LogP contribution in [-0.2, 0) is 24.2 Å². The molecule has 0 spiro atoms. The van der Waals surface area contributed by atoms with Crippen molar-refractivity contribution >= 4 is 0 Å². The van der Waals surface area contributed by atoms with Crippen LogP contribution in [0.3, 0.4) is 0 Å². The summed E-state index contributed by atoms with van der Waals surface area (Å²) >= 11 is 0. The average Bonchev–Trinajstić information content (AvgIpc) is 1.83. The van der Waals surface area contributed by atoms with Gasteiger partial charge in [0.15, 0.2) is 0 Å². The van der Waals surface area contributed by atoms with Crippen molar-refractivity contribution < 1.29 is 24.2 Å². The molecular formula is C10H23NOZn. The summed E-state index contributed by atoms with van der Waals surface area (Å²) in [5, 5.41) is 4.47. The van der Waals surface area contributed by atoms with E-state index in [2.05, 4.69) is 26.1 Å². The van der Waals surface area contributed by atoms with Crippen LogP contribution in [-0.4, -0.2) is 24.8 Å². The Morgan fingerprint density at radius 3 is 1.69 bits per heavy atom. The second-order valence-electron chi connectivity index (χ2n) is 4.45. The Morgan fingerprint density at radius 1 is 1.08 bits per heavy atom. The zero-order chi connectivity index (χ0) is 9.12. The van der Waals surface area contributed by atoms with E-state index < -0.39 is 0 Å². The normalized spacial score (nSPS) is 11.5. The van der Waals surface area contributed by atoms with Gasteiger partial charge in [0.2, 0.25) is 0 Å². The molecule has 0 aromatic heterocycles. The van der Waals surface area contributed by atoms with E-state index in [4.69, 9.17) is 4.74 Å². The molecule has 0 aromatic rings. The molecule has 0 radical (unpaired) electrons. The fraction of sp³-hybridized carbons (Fsp3) is 0.900. The zero-order valence-corrected chi connectivity index (χ0v) is 13.2. The third-order valence-electron chi connectivity index (χ3n) is 1.49. The minimum absolute atomic E-state index is 0. The molecule has 2 nitrogen and oxygen atoms in total. The summed E-state index contributed by atoms with van der Waals surface area (Å²) in [6.07, 6.45) is 0. The van der Waals surface area contributed by atoms with Gasteiger partial charge in [0.25, 0.3) is 0 Å². The van der Waals surface area contributed by atoms with E-state index in [0.29, 0.717) is 0 Å². The SMILES string of the molecule is COC(C)(C)C[N-]C(C)(C)C.[CH3-].[Zn+2]. The number of hydrogen-bond donors (Lipinski definition) is 0. The Labute approximate surface area is 96.6 Å². The fourth-order valence-electron chi connectivity index (χ4n) is 0.492. The van der Waals surface area contributed by atoms with Gasteiger partial charge < -0.3 is 17.5 Å². The van der Waals surface area contributed by atoms with Crippen molar-refractivity contribution in [1.82, 2.24) is 0 Å². The summed E-state index contributed by atoms with van der Waals surface area (Å²) in [5.74, 6) is 0. The number of rotatable bonds is 3. The van der Waals surface area contributed by atoms with Crippen LogP contribution in [0.4, 0.5) is 0 Å². The first kappa shape index (κ1) is 19.2. The van der Waals surface area contributed by atoms with Crippen molar-refractivity contribution in [3.05, 3.63) is 12.7 Å². The van der Waals surface area contributed by atoms with Gasteiger partial charge in [-0.2, -0.15) is 0 Å². The second-order valence-corrected chi connectivity index (χ2v) is 4.45. The van der Waals surface area contributed by atoms with Crippen LogP contribution in [0.2, 0.25) is 0 Å². The standard InChI is InChI=1S/C9H20NO.CH3.Zn/c1-8(2,3)10-7-9(4,5)11-6;;/h7H2,1-6H3;1H3;/q2*-1;+2. The van der Waals surface area contributed by atoms with Crippen molar-refractivity contribution in [2.45, 2.75) is 45.8 Å². The van der Waals surface area contributed by atoms with Crippen molar-refractivity contribution in [3.63, 3.8) is 0 Å². The molecule has 13 heavy (non-hydrogen) atoms. The molecule has 0 bridgehead atoms. The van der Waals surface area contributed by atoms with Gasteiger partial charge in [-0.3, -0.25) is 0 Å². The van der Waals surface area contributed by atoms with Gasteiger partial charge >= 0.3 is 19.5 Å². The quantitative estimate of drug-likeness (QED) is 0.548. The van der Waals surface area contributed by atoms with E-state index >= 15 is 0 Å². The fourth-order valence-corrected chi connectivity index (χ4v) is 0.492. The van der Waals surface area contributed by atoms with E-state index in [1.807, 2.05) is 13.8 Å². The van der Waals surface area contributed by atoms with Gasteiger partial charge in [-0.1, -0.05) is 20.8 Å². The molecule has 0 fully saturated rings. The molecule has 76 valence electrons. The molecule has 0 aliphatic heterocycles. The van der Waals surface area contributed by atoms with Crippen LogP contribution in [0, 0.1) is 7.43 Å². The molecule has 0 aliphatic carbocycles. The van der Waals surface area contributed by atoms with E-state index in [1.54, 1.807) is 7.11 Å². The molecule has 0 amide bonds. The maximum absolute atomic E-state index is 5.24. The molecule has 0 unspecified atom stereocenters. The van der Waals surface area contributed by atoms with E-state index in [1.165, 1.54) is 0 Å². The van der Waals surface area contributed by atoms with Crippen LogP contribution >= 0.6 is 0 Å². The van der Waals surface area contributed by atoms with Gasteiger partial charge in [0.1, 0.15) is 0 Å². The molecule has 0 rings (SSSR count). The number of hydrogen-bond acceptors (Lipinski definition) is 1. The first-order valence-corrected chi connectivity index (χ1v) is 4.01. The van der Waals surface area contributed by atoms with Crippen LogP contribution < -0.4 is 0 Å². The van der Waals surface area contributed by atoms with Gasteiger partial charge in [-0.15, -0.1) is 12.1 Å². The number of nitrogens with zero attached hydrogens (tertiary/aromatic N) is 1. The average molecular weight is 239 g/mol. The minimum Gasteiger partial charge on any atom is -0.655 e. The molecule has 0 atom stereocenters. The number of ether oxygens (including phenoxy) is 1. The maximum Gasteiger partial charge on any atom is 2.00 e. The first-order valence-electron chi connectivity index (χ1n) is 4.01. The molecule has 0 saturated carbocycles. The Balaban J connectivity index is -0.000000500. The monoisotopic (exact) mass is 237 g/mol. The van der Waals surface area contributed by atoms with Crippen LogP contribution in [0.1, 0.15) is 34.6 Å². The first-order chi connectivity index (χ1) is 4.77. The Hall–Kier alpha value is 0.543. The smallest absolute Gasteiger partial charge is 0.655 e. The number of methoxy groups -OCH3 is 1. The summed E-state index contributed by atoms with van der Waals surface area (Å²) in [7, 11) is 1.72. The second kappa shape index (κ2) is 6.92. The van der Waals surface area contributed by atoms with E-state index in [-0.39, 0.29) is 38.0 Å². The Bertz CT molecular complexity index is 119. The third kappa shape index (κ3) is 12.5. The van der Waals surface area contributed by atoms with Crippen molar-refractivity contribution in [3.8, 4) is 0 Å². The van der Waals surface area contributed by atoms with Crippen molar-refractivity contribution in [2.24, 2.45) is 0 Å². The van der Waals surface area contributed by atoms with E-state index in [0.717, 1.165) is 6.54 Å². The van der Waals surface area contributed by atoms with Crippen LogP contribution in [0.15, 0.2) is 0 Å². The largest absolute Gasteiger partial charge is 2.00 e. The third-order valence-corrected chi connectivity index (χ3v) is 1.49. The molecule has 0 N–H and O–H groups in total. The Kier molecular flexibility index (Phi) is 10.2. The summed E-state index contributed by atoms with van der Waals surface area (Å²) in [6.45, 7) is 11.1. The van der Waals surface area contributed by atoms with Crippen LogP contribution in [0.25, 0.3) is 5.32 Å². The molecular weight excluding hydrogens is 216 g/mol. The van der Waals surface area contributed by atoms with Crippen molar-refractivity contribution in [2.75, 3.05) is 13.7 Å². The van der Waals surface area contributed by atoms with Gasteiger partial charge in [-0.25, -0.2) is 0 Å². The molecule has 3 heteroatoms. The van der Waals surface area contributed by atoms with E-state index in [9.17, 15) is 0 Å². The maximum atomic E-state index is 5.24. The molecule has 0 heterocycles.